The van der Waals surface area contributed by atoms with E-state index in [0.717, 1.165) is 30.5 Å². The molecule has 1 saturated heterocycles. The summed E-state index contributed by atoms with van der Waals surface area (Å²) in [6.07, 6.45) is 3.96. The van der Waals surface area contributed by atoms with Crippen LogP contribution < -0.4 is 10.6 Å². The lowest BCUT2D eigenvalue weighted by Gasteiger charge is -2.22. The third-order valence-electron chi connectivity index (χ3n) is 3.28. The topological polar surface area (TPSA) is 37.2 Å². The summed E-state index contributed by atoms with van der Waals surface area (Å²) >= 11 is 0. The van der Waals surface area contributed by atoms with Crippen molar-refractivity contribution in [2.24, 2.45) is 5.92 Å². The van der Waals surface area contributed by atoms with E-state index in [1.807, 2.05) is 19.1 Å². The number of hydrogen-bond donors (Lipinski definition) is 2. The van der Waals surface area contributed by atoms with Gasteiger partial charge in [0.25, 0.3) is 0 Å². The Balaban J connectivity index is 1.57. The molecule has 0 atom stereocenters. The van der Waals surface area contributed by atoms with Crippen molar-refractivity contribution in [3.8, 4) is 0 Å². The fourth-order valence-corrected chi connectivity index (χ4v) is 2.27. The number of piperidine rings is 1. The molecule has 0 saturated carbocycles. The van der Waals surface area contributed by atoms with Crippen molar-refractivity contribution in [2.45, 2.75) is 32.7 Å². The summed E-state index contributed by atoms with van der Waals surface area (Å²) in [5.74, 6) is 2.95. The van der Waals surface area contributed by atoms with Crippen LogP contribution in [0.3, 0.4) is 0 Å². The van der Waals surface area contributed by atoms with Crippen molar-refractivity contribution in [3.05, 3.63) is 23.7 Å². The molecule has 0 bridgehead atoms. The number of aryl methyl sites for hydroxylation is 1. The molecule has 16 heavy (non-hydrogen) atoms. The third kappa shape index (κ3) is 3.65. The van der Waals surface area contributed by atoms with E-state index in [-0.39, 0.29) is 0 Å². The summed E-state index contributed by atoms with van der Waals surface area (Å²) in [4.78, 5) is 0. The Hall–Kier alpha value is -0.800. The van der Waals surface area contributed by atoms with Gasteiger partial charge in [-0.3, -0.25) is 0 Å². The van der Waals surface area contributed by atoms with Gasteiger partial charge in [0.1, 0.15) is 11.5 Å². The molecule has 1 aromatic heterocycles. The summed E-state index contributed by atoms with van der Waals surface area (Å²) in [5.41, 5.74) is 0. The van der Waals surface area contributed by atoms with Crippen LogP contribution in [-0.4, -0.2) is 19.6 Å². The Kier molecular flexibility index (Phi) is 4.43. The zero-order valence-corrected chi connectivity index (χ0v) is 10.1. The second kappa shape index (κ2) is 6.06. The van der Waals surface area contributed by atoms with Gasteiger partial charge >= 0.3 is 0 Å². The maximum atomic E-state index is 5.50. The molecule has 2 N–H and O–H groups in total. The van der Waals surface area contributed by atoms with Crippen LogP contribution in [-0.2, 0) is 6.54 Å². The molecule has 0 aromatic carbocycles. The van der Waals surface area contributed by atoms with Crippen molar-refractivity contribution in [1.29, 1.82) is 0 Å². The van der Waals surface area contributed by atoms with Gasteiger partial charge in [0.15, 0.2) is 0 Å². The van der Waals surface area contributed by atoms with E-state index in [1.165, 1.54) is 32.4 Å². The van der Waals surface area contributed by atoms with Crippen LogP contribution in [0.25, 0.3) is 0 Å². The molecule has 0 unspecified atom stereocenters. The van der Waals surface area contributed by atoms with Crippen LogP contribution in [0.15, 0.2) is 16.5 Å². The maximum Gasteiger partial charge on any atom is 0.117 e. The largest absolute Gasteiger partial charge is 0.465 e. The molecule has 90 valence electrons. The van der Waals surface area contributed by atoms with E-state index in [9.17, 15) is 0 Å². The van der Waals surface area contributed by atoms with Gasteiger partial charge in [0.05, 0.1) is 6.54 Å². The molecule has 1 aliphatic heterocycles. The Morgan fingerprint density at radius 3 is 2.88 bits per heavy atom. The SMILES string of the molecule is Cc1ccc(CNCCC2CCNCC2)o1. The van der Waals surface area contributed by atoms with Crippen molar-refractivity contribution < 1.29 is 4.42 Å². The molecule has 0 radical (unpaired) electrons. The van der Waals surface area contributed by atoms with Crippen molar-refractivity contribution in [2.75, 3.05) is 19.6 Å². The van der Waals surface area contributed by atoms with E-state index >= 15 is 0 Å². The first-order valence-corrected chi connectivity index (χ1v) is 6.31. The standard InChI is InChI=1S/C13H22N2O/c1-11-2-3-13(16-11)10-15-9-6-12-4-7-14-8-5-12/h2-3,12,14-15H,4-10H2,1H3. The number of nitrogens with one attached hydrogen (secondary N) is 2. The first-order valence-electron chi connectivity index (χ1n) is 6.31. The first kappa shape index (κ1) is 11.7. The summed E-state index contributed by atoms with van der Waals surface area (Å²) in [7, 11) is 0. The van der Waals surface area contributed by atoms with E-state index in [1.54, 1.807) is 0 Å². The highest BCUT2D eigenvalue weighted by atomic mass is 16.3. The minimum absolute atomic E-state index is 0.860. The second-order valence-corrected chi connectivity index (χ2v) is 4.67. The van der Waals surface area contributed by atoms with E-state index < -0.39 is 0 Å². The molecule has 1 aromatic rings. The summed E-state index contributed by atoms with van der Waals surface area (Å²) in [6.45, 7) is 6.34. The highest BCUT2D eigenvalue weighted by molar-refractivity contribution is 5.05. The van der Waals surface area contributed by atoms with Gasteiger partial charge < -0.3 is 15.1 Å². The van der Waals surface area contributed by atoms with Gasteiger partial charge in [0.2, 0.25) is 0 Å². The van der Waals surface area contributed by atoms with Crippen molar-refractivity contribution in [3.63, 3.8) is 0 Å². The average Bonchev–Trinajstić information content (AvgIpc) is 2.72. The molecule has 0 spiro atoms. The zero-order valence-electron chi connectivity index (χ0n) is 10.1. The highest BCUT2D eigenvalue weighted by Gasteiger charge is 2.11. The number of furan rings is 1. The minimum Gasteiger partial charge on any atom is -0.465 e. The summed E-state index contributed by atoms with van der Waals surface area (Å²) < 4.78 is 5.50. The molecule has 3 heteroatoms. The maximum absolute atomic E-state index is 5.50. The molecule has 1 fully saturated rings. The average molecular weight is 222 g/mol. The molecule has 1 aliphatic rings. The Morgan fingerprint density at radius 1 is 1.38 bits per heavy atom. The Labute approximate surface area is 97.6 Å². The van der Waals surface area contributed by atoms with Crippen LogP contribution in [0, 0.1) is 12.8 Å². The van der Waals surface area contributed by atoms with Gasteiger partial charge in [0, 0.05) is 0 Å². The van der Waals surface area contributed by atoms with Crippen LogP contribution in [0.2, 0.25) is 0 Å². The molecular weight excluding hydrogens is 200 g/mol. The molecule has 3 nitrogen and oxygen atoms in total. The summed E-state index contributed by atoms with van der Waals surface area (Å²) in [6, 6.07) is 4.07. The van der Waals surface area contributed by atoms with Crippen LogP contribution in [0.4, 0.5) is 0 Å². The Bertz CT molecular complexity index is 303. The van der Waals surface area contributed by atoms with Crippen LogP contribution >= 0.6 is 0 Å². The lowest BCUT2D eigenvalue weighted by molar-refractivity contribution is 0.345. The van der Waals surface area contributed by atoms with Gasteiger partial charge in [-0.1, -0.05) is 0 Å². The van der Waals surface area contributed by atoms with Gasteiger partial charge in [-0.05, 0) is 63.9 Å². The van der Waals surface area contributed by atoms with Crippen molar-refractivity contribution in [1.82, 2.24) is 10.6 Å². The minimum atomic E-state index is 0.860. The normalized spacial score (nSPS) is 17.8. The molecule has 2 rings (SSSR count). The fraction of sp³-hybridized carbons (Fsp3) is 0.692. The highest BCUT2D eigenvalue weighted by Crippen LogP contribution is 2.14. The smallest absolute Gasteiger partial charge is 0.117 e. The first-order chi connectivity index (χ1) is 7.84. The van der Waals surface area contributed by atoms with Gasteiger partial charge in [-0.2, -0.15) is 0 Å². The molecule has 0 aliphatic carbocycles. The predicted octanol–water partition coefficient (Wildman–Crippen LogP) is 2.07. The van der Waals surface area contributed by atoms with Crippen molar-refractivity contribution >= 4 is 0 Å². The van der Waals surface area contributed by atoms with E-state index in [0.29, 0.717) is 0 Å². The fourth-order valence-electron chi connectivity index (χ4n) is 2.27. The lowest BCUT2D eigenvalue weighted by Crippen LogP contribution is -2.29. The zero-order chi connectivity index (χ0) is 11.2. The van der Waals surface area contributed by atoms with Gasteiger partial charge in [-0.25, -0.2) is 0 Å². The lowest BCUT2D eigenvalue weighted by atomic mass is 9.95. The van der Waals surface area contributed by atoms with E-state index in [2.05, 4.69) is 10.6 Å². The van der Waals surface area contributed by atoms with E-state index in [4.69, 9.17) is 4.42 Å². The molecule has 2 heterocycles. The Morgan fingerprint density at radius 2 is 2.19 bits per heavy atom. The number of rotatable bonds is 5. The quantitative estimate of drug-likeness (QED) is 0.749. The van der Waals surface area contributed by atoms with Crippen LogP contribution in [0.5, 0.6) is 0 Å². The van der Waals surface area contributed by atoms with Gasteiger partial charge in [-0.15, -0.1) is 0 Å². The second-order valence-electron chi connectivity index (χ2n) is 4.67. The third-order valence-corrected chi connectivity index (χ3v) is 3.28. The number of hydrogen-bond acceptors (Lipinski definition) is 3. The monoisotopic (exact) mass is 222 g/mol. The predicted molar refractivity (Wildman–Crippen MR) is 65.4 cm³/mol. The van der Waals surface area contributed by atoms with Crippen LogP contribution in [0.1, 0.15) is 30.8 Å². The molecule has 0 amide bonds. The summed E-state index contributed by atoms with van der Waals surface area (Å²) in [5, 5.41) is 6.85. The molecular formula is C13H22N2O.